The van der Waals surface area contributed by atoms with Gasteiger partial charge in [0.15, 0.2) is 0 Å². The molecule has 0 radical (unpaired) electrons. The van der Waals surface area contributed by atoms with Crippen molar-refractivity contribution >= 4 is 11.6 Å². The fourth-order valence-electron chi connectivity index (χ4n) is 3.00. The largest absolute Gasteiger partial charge is 0.381 e. The lowest BCUT2D eigenvalue weighted by molar-refractivity contribution is 0.0933. The second kappa shape index (κ2) is 7.27. The van der Waals surface area contributed by atoms with Gasteiger partial charge in [-0.3, -0.25) is 9.78 Å². The molecule has 0 unspecified atom stereocenters. The monoisotopic (exact) mass is 309 g/mol. The minimum Gasteiger partial charge on any atom is -0.381 e. The number of carbonyl (C=O) groups excluding carboxylic acids is 1. The summed E-state index contributed by atoms with van der Waals surface area (Å²) in [5.41, 5.74) is 3.90. The van der Waals surface area contributed by atoms with Gasteiger partial charge in [-0.15, -0.1) is 0 Å². The van der Waals surface area contributed by atoms with Crippen LogP contribution in [0.2, 0.25) is 0 Å². The Balaban J connectivity index is 1.62. The lowest BCUT2D eigenvalue weighted by atomic mass is 10.1. The Morgan fingerprint density at radius 2 is 2.00 bits per heavy atom. The van der Waals surface area contributed by atoms with Gasteiger partial charge in [0, 0.05) is 24.5 Å². The maximum Gasteiger partial charge on any atom is 0.270 e. The third kappa shape index (κ3) is 4.09. The number of hydrogen-bond donors (Lipinski definition) is 2. The number of benzene rings is 1. The average molecular weight is 309 g/mol. The molecule has 0 spiro atoms. The molecule has 2 N–H and O–H groups in total. The van der Waals surface area contributed by atoms with Crippen molar-refractivity contribution in [2.45, 2.75) is 45.2 Å². The molecule has 1 amide bonds. The van der Waals surface area contributed by atoms with Crippen molar-refractivity contribution in [2.24, 2.45) is 0 Å². The van der Waals surface area contributed by atoms with E-state index in [1.807, 2.05) is 24.3 Å². The molecule has 1 aliphatic carbocycles. The Hall–Kier alpha value is -2.36. The summed E-state index contributed by atoms with van der Waals surface area (Å²) in [6.07, 6.45) is 6.25. The van der Waals surface area contributed by atoms with Gasteiger partial charge in [-0.2, -0.15) is 0 Å². The SMILES string of the molecule is Cc1ccccc1CNc1ccnc(C(=O)NC2CCCC2)c1. The smallest absolute Gasteiger partial charge is 0.270 e. The van der Waals surface area contributed by atoms with Gasteiger partial charge < -0.3 is 10.6 Å². The van der Waals surface area contributed by atoms with Crippen LogP contribution in [0.15, 0.2) is 42.6 Å². The summed E-state index contributed by atoms with van der Waals surface area (Å²) in [6, 6.07) is 12.3. The van der Waals surface area contributed by atoms with E-state index in [1.165, 1.54) is 24.0 Å². The van der Waals surface area contributed by atoms with Crippen LogP contribution in [0.1, 0.15) is 47.3 Å². The second-order valence-electron chi connectivity index (χ2n) is 6.16. The zero-order valence-electron chi connectivity index (χ0n) is 13.5. The summed E-state index contributed by atoms with van der Waals surface area (Å²) in [5, 5.41) is 6.45. The van der Waals surface area contributed by atoms with Crippen LogP contribution in [0.5, 0.6) is 0 Å². The van der Waals surface area contributed by atoms with Crippen molar-refractivity contribution in [1.82, 2.24) is 10.3 Å². The fourth-order valence-corrected chi connectivity index (χ4v) is 3.00. The first-order chi connectivity index (χ1) is 11.2. The molecule has 0 bridgehead atoms. The zero-order chi connectivity index (χ0) is 16.1. The number of nitrogens with zero attached hydrogens (tertiary/aromatic N) is 1. The maximum atomic E-state index is 12.3. The van der Waals surface area contributed by atoms with E-state index in [2.05, 4.69) is 34.7 Å². The molecule has 1 aromatic carbocycles. The number of rotatable bonds is 5. The first-order valence-electron chi connectivity index (χ1n) is 8.27. The highest BCUT2D eigenvalue weighted by Crippen LogP contribution is 2.18. The van der Waals surface area contributed by atoms with Gasteiger partial charge in [-0.25, -0.2) is 0 Å². The summed E-state index contributed by atoms with van der Waals surface area (Å²) < 4.78 is 0. The second-order valence-corrected chi connectivity index (χ2v) is 6.16. The van der Waals surface area contributed by atoms with Crippen molar-refractivity contribution in [3.8, 4) is 0 Å². The van der Waals surface area contributed by atoms with Gasteiger partial charge in [-0.1, -0.05) is 37.1 Å². The van der Waals surface area contributed by atoms with E-state index in [9.17, 15) is 4.79 Å². The molecule has 4 nitrogen and oxygen atoms in total. The van der Waals surface area contributed by atoms with Gasteiger partial charge in [0.25, 0.3) is 5.91 Å². The summed E-state index contributed by atoms with van der Waals surface area (Å²) in [6.45, 7) is 2.84. The highest BCUT2D eigenvalue weighted by atomic mass is 16.1. The summed E-state index contributed by atoms with van der Waals surface area (Å²) >= 11 is 0. The quantitative estimate of drug-likeness (QED) is 0.886. The van der Waals surface area contributed by atoms with Crippen molar-refractivity contribution in [2.75, 3.05) is 5.32 Å². The van der Waals surface area contributed by atoms with Crippen LogP contribution in [0.3, 0.4) is 0 Å². The van der Waals surface area contributed by atoms with E-state index in [4.69, 9.17) is 0 Å². The first kappa shape index (κ1) is 15.5. The molecule has 120 valence electrons. The number of carbonyl (C=O) groups is 1. The van der Waals surface area contributed by atoms with E-state index in [-0.39, 0.29) is 5.91 Å². The van der Waals surface area contributed by atoms with Crippen LogP contribution in [0.4, 0.5) is 5.69 Å². The standard InChI is InChI=1S/C19H23N3O/c1-14-6-2-3-7-15(14)13-21-17-10-11-20-18(12-17)19(23)22-16-8-4-5-9-16/h2-3,6-7,10-12,16H,4-5,8-9,13H2,1H3,(H,20,21)(H,22,23). The molecular weight excluding hydrogens is 286 g/mol. The van der Waals surface area contributed by atoms with Crippen LogP contribution in [0.25, 0.3) is 0 Å². The molecule has 0 aliphatic heterocycles. The third-order valence-corrected chi connectivity index (χ3v) is 4.43. The Kier molecular flexibility index (Phi) is 4.91. The van der Waals surface area contributed by atoms with Crippen LogP contribution in [-0.4, -0.2) is 16.9 Å². The number of nitrogens with one attached hydrogen (secondary N) is 2. The van der Waals surface area contributed by atoms with E-state index < -0.39 is 0 Å². The molecule has 1 fully saturated rings. The number of anilines is 1. The van der Waals surface area contributed by atoms with Crippen molar-refractivity contribution in [3.63, 3.8) is 0 Å². The van der Waals surface area contributed by atoms with E-state index in [0.29, 0.717) is 11.7 Å². The number of hydrogen-bond acceptors (Lipinski definition) is 3. The Morgan fingerprint density at radius 3 is 2.78 bits per heavy atom. The van der Waals surface area contributed by atoms with Crippen molar-refractivity contribution in [3.05, 3.63) is 59.4 Å². The molecule has 1 aliphatic rings. The third-order valence-electron chi connectivity index (χ3n) is 4.43. The van der Waals surface area contributed by atoms with Crippen LogP contribution < -0.4 is 10.6 Å². The van der Waals surface area contributed by atoms with E-state index in [1.54, 1.807) is 6.20 Å². The Labute approximate surface area is 137 Å². The molecule has 1 heterocycles. The summed E-state index contributed by atoms with van der Waals surface area (Å²) in [7, 11) is 0. The summed E-state index contributed by atoms with van der Waals surface area (Å²) in [4.78, 5) is 16.5. The zero-order valence-corrected chi connectivity index (χ0v) is 13.5. The molecule has 3 rings (SSSR count). The molecule has 2 aromatic rings. The van der Waals surface area contributed by atoms with Crippen LogP contribution >= 0.6 is 0 Å². The molecule has 4 heteroatoms. The number of pyridine rings is 1. The van der Waals surface area contributed by atoms with Gasteiger partial charge >= 0.3 is 0 Å². The van der Waals surface area contributed by atoms with Gasteiger partial charge in [0.2, 0.25) is 0 Å². The van der Waals surface area contributed by atoms with Gasteiger partial charge in [0.05, 0.1) is 0 Å². The predicted octanol–water partition coefficient (Wildman–Crippen LogP) is 3.67. The molecule has 0 atom stereocenters. The highest BCUT2D eigenvalue weighted by molar-refractivity contribution is 5.93. The lowest BCUT2D eigenvalue weighted by Crippen LogP contribution is -2.33. The van der Waals surface area contributed by atoms with Crippen LogP contribution in [-0.2, 0) is 6.54 Å². The number of amides is 1. The normalized spacial score (nSPS) is 14.7. The molecule has 0 saturated heterocycles. The van der Waals surface area contributed by atoms with Gasteiger partial charge in [-0.05, 0) is 43.0 Å². The lowest BCUT2D eigenvalue weighted by Gasteiger charge is -2.13. The van der Waals surface area contributed by atoms with E-state index in [0.717, 1.165) is 25.1 Å². The van der Waals surface area contributed by atoms with Crippen molar-refractivity contribution < 1.29 is 4.79 Å². The Bertz CT molecular complexity index is 678. The predicted molar refractivity (Wildman–Crippen MR) is 92.5 cm³/mol. The Morgan fingerprint density at radius 1 is 1.22 bits per heavy atom. The fraction of sp³-hybridized carbons (Fsp3) is 0.368. The summed E-state index contributed by atoms with van der Waals surface area (Å²) in [5.74, 6) is -0.0727. The first-order valence-corrected chi connectivity index (χ1v) is 8.27. The van der Waals surface area contributed by atoms with Crippen LogP contribution in [0, 0.1) is 6.92 Å². The number of aryl methyl sites for hydroxylation is 1. The minimum atomic E-state index is -0.0727. The van der Waals surface area contributed by atoms with Gasteiger partial charge in [0.1, 0.15) is 5.69 Å². The van der Waals surface area contributed by atoms with E-state index >= 15 is 0 Å². The number of aromatic nitrogens is 1. The molecule has 23 heavy (non-hydrogen) atoms. The molecular formula is C19H23N3O. The molecule has 1 saturated carbocycles. The highest BCUT2D eigenvalue weighted by Gasteiger charge is 2.18. The maximum absolute atomic E-state index is 12.3. The molecule has 1 aromatic heterocycles. The minimum absolute atomic E-state index is 0.0727. The average Bonchev–Trinajstić information content (AvgIpc) is 3.07. The van der Waals surface area contributed by atoms with Crippen molar-refractivity contribution in [1.29, 1.82) is 0 Å². The topological polar surface area (TPSA) is 54.0 Å².